The van der Waals surface area contributed by atoms with E-state index >= 15 is 0 Å². The van der Waals surface area contributed by atoms with E-state index in [4.69, 9.17) is 0 Å². The summed E-state index contributed by atoms with van der Waals surface area (Å²) < 4.78 is 0. The van der Waals surface area contributed by atoms with E-state index in [9.17, 15) is 14.4 Å². The summed E-state index contributed by atoms with van der Waals surface area (Å²) in [5, 5.41) is 7.35. The Bertz CT molecular complexity index is 539. The van der Waals surface area contributed by atoms with Gasteiger partial charge in [0.15, 0.2) is 0 Å². The largest absolute Gasteiger partial charge is 0.351 e. The Kier molecular flexibility index (Phi) is 6.40. The second-order valence-electron chi connectivity index (χ2n) is 5.19. The molecule has 2 N–H and O–H groups in total. The predicted molar refractivity (Wildman–Crippen MR) is 88.5 cm³/mol. The van der Waals surface area contributed by atoms with Gasteiger partial charge in [-0.15, -0.1) is 11.3 Å². The van der Waals surface area contributed by atoms with Gasteiger partial charge in [0.2, 0.25) is 5.91 Å². The lowest BCUT2D eigenvalue weighted by Crippen LogP contribution is -2.53. The maximum absolute atomic E-state index is 12.1. The third kappa shape index (κ3) is 4.95. The first kappa shape index (κ1) is 17.3. The third-order valence-corrected chi connectivity index (χ3v) is 4.49. The molecule has 0 unspecified atom stereocenters. The summed E-state index contributed by atoms with van der Waals surface area (Å²) in [6.07, 6.45) is 0.276. The van der Waals surface area contributed by atoms with Crippen molar-refractivity contribution in [3.05, 3.63) is 22.4 Å². The van der Waals surface area contributed by atoms with Crippen LogP contribution in [-0.4, -0.2) is 66.9 Å². The van der Waals surface area contributed by atoms with Crippen LogP contribution in [0.2, 0.25) is 0 Å². The highest BCUT2D eigenvalue weighted by atomic mass is 32.1. The van der Waals surface area contributed by atoms with Crippen LogP contribution in [0.4, 0.5) is 4.79 Å². The zero-order chi connectivity index (χ0) is 16.7. The number of nitrogens with zero attached hydrogens (tertiary/aromatic N) is 2. The van der Waals surface area contributed by atoms with Crippen LogP contribution < -0.4 is 10.6 Å². The normalized spacial score (nSPS) is 14.5. The first-order valence-corrected chi connectivity index (χ1v) is 8.62. The third-order valence-electron chi connectivity index (χ3n) is 3.62. The summed E-state index contributed by atoms with van der Waals surface area (Å²) in [4.78, 5) is 39.7. The second kappa shape index (κ2) is 8.52. The maximum atomic E-state index is 12.1. The fourth-order valence-electron chi connectivity index (χ4n) is 2.36. The van der Waals surface area contributed by atoms with E-state index in [0.29, 0.717) is 44.1 Å². The van der Waals surface area contributed by atoms with Crippen molar-refractivity contribution in [3.63, 3.8) is 0 Å². The summed E-state index contributed by atoms with van der Waals surface area (Å²) in [6, 6.07) is 3.49. The number of thiophene rings is 1. The van der Waals surface area contributed by atoms with Gasteiger partial charge in [0.1, 0.15) is 0 Å². The molecule has 0 aromatic carbocycles. The van der Waals surface area contributed by atoms with E-state index in [0.717, 1.165) is 0 Å². The first-order chi connectivity index (χ1) is 11.1. The number of amides is 4. The average Bonchev–Trinajstić information content (AvgIpc) is 3.09. The van der Waals surface area contributed by atoms with Gasteiger partial charge in [-0.05, 0) is 18.4 Å². The van der Waals surface area contributed by atoms with Crippen LogP contribution in [0.3, 0.4) is 0 Å². The molecule has 2 heterocycles. The Morgan fingerprint density at radius 2 is 1.83 bits per heavy atom. The Balaban J connectivity index is 1.67. The van der Waals surface area contributed by atoms with Crippen LogP contribution in [0.25, 0.3) is 0 Å². The molecule has 0 radical (unpaired) electrons. The minimum Gasteiger partial charge on any atom is -0.351 e. The van der Waals surface area contributed by atoms with E-state index in [1.807, 2.05) is 18.4 Å². The number of carbonyl (C=O) groups excluding carboxylic acids is 3. The van der Waals surface area contributed by atoms with Gasteiger partial charge < -0.3 is 20.4 Å². The van der Waals surface area contributed by atoms with Crippen molar-refractivity contribution in [2.45, 2.75) is 13.3 Å². The topological polar surface area (TPSA) is 81.8 Å². The van der Waals surface area contributed by atoms with Gasteiger partial charge in [0, 0.05) is 45.7 Å². The smallest absolute Gasteiger partial charge is 0.317 e. The second-order valence-corrected chi connectivity index (χ2v) is 6.13. The minimum absolute atomic E-state index is 0.00651. The molecule has 1 aromatic heterocycles. The number of nitrogens with one attached hydrogen (secondary N) is 2. The van der Waals surface area contributed by atoms with Crippen molar-refractivity contribution in [1.82, 2.24) is 20.4 Å². The van der Waals surface area contributed by atoms with Crippen LogP contribution in [0.15, 0.2) is 17.5 Å². The number of hydrogen-bond donors (Lipinski definition) is 2. The van der Waals surface area contributed by atoms with Crippen molar-refractivity contribution in [3.8, 4) is 0 Å². The Labute approximate surface area is 139 Å². The highest BCUT2D eigenvalue weighted by molar-refractivity contribution is 7.12. The van der Waals surface area contributed by atoms with Crippen molar-refractivity contribution < 1.29 is 14.4 Å². The quantitative estimate of drug-likeness (QED) is 0.831. The predicted octanol–water partition coefficient (Wildman–Crippen LogP) is 0.742. The summed E-state index contributed by atoms with van der Waals surface area (Å²) in [6.45, 7) is 4.96. The number of urea groups is 1. The van der Waals surface area contributed by atoms with Gasteiger partial charge in [-0.1, -0.05) is 6.07 Å². The van der Waals surface area contributed by atoms with Crippen LogP contribution in [-0.2, 0) is 4.79 Å². The number of rotatable bonds is 5. The van der Waals surface area contributed by atoms with Gasteiger partial charge in [-0.2, -0.15) is 0 Å². The lowest BCUT2D eigenvalue weighted by Gasteiger charge is -2.34. The fraction of sp³-hybridized carbons (Fsp3) is 0.533. The summed E-state index contributed by atoms with van der Waals surface area (Å²) >= 11 is 1.37. The van der Waals surface area contributed by atoms with Crippen molar-refractivity contribution in [2.24, 2.45) is 0 Å². The average molecular weight is 338 g/mol. The van der Waals surface area contributed by atoms with E-state index in [1.165, 1.54) is 11.3 Å². The molecule has 4 amide bonds. The van der Waals surface area contributed by atoms with Crippen LogP contribution >= 0.6 is 11.3 Å². The van der Waals surface area contributed by atoms with Crippen molar-refractivity contribution >= 4 is 29.2 Å². The molecule has 0 spiro atoms. The molecule has 23 heavy (non-hydrogen) atoms. The van der Waals surface area contributed by atoms with E-state index in [1.54, 1.807) is 15.9 Å². The summed E-state index contributed by atoms with van der Waals surface area (Å²) in [7, 11) is 0. The molecule has 0 saturated carbocycles. The molecule has 0 atom stereocenters. The molecule has 1 saturated heterocycles. The van der Waals surface area contributed by atoms with Gasteiger partial charge in [0.05, 0.1) is 4.88 Å². The van der Waals surface area contributed by atoms with Gasteiger partial charge >= 0.3 is 6.03 Å². The highest BCUT2D eigenvalue weighted by Gasteiger charge is 2.23. The van der Waals surface area contributed by atoms with Crippen LogP contribution in [0.5, 0.6) is 0 Å². The molecule has 0 bridgehead atoms. The van der Waals surface area contributed by atoms with E-state index in [2.05, 4.69) is 10.6 Å². The van der Waals surface area contributed by atoms with Crippen molar-refractivity contribution in [1.29, 1.82) is 0 Å². The molecular formula is C15H22N4O3S. The Morgan fingerprint density at radius 3 is 2.43 bits per heavy atom. The van der Waals surface area contributed by atoms with Gasteiger partial charge in [-0.25, -0.2) is 4.79 Å². The van der Waals surface area contributed by atoms with Gasteiger partial charge in [-0.3, -0.25) is 9.59 Å². The molecule has 7 nitrogen and oxygen atoms in total. The van der Waals surface area contributed by atoms with Gasteiger partial charge in [0.25, 0.3) is 5.91 Å². The van der Waals surface area contributed by atoms with E-state index < -0.39 is 0 Å². The Hall–Kier alpha value is -2.09. The molecule has 126 valence electrons. The van der Waals surface area contributed by atoms with Crippen LogP contribution in [0.1, 0.15) is 23.0 Å². The molecule has 8 heteroatoms. The molecule has 2 rings (SSSR count). The standard InChI is InChI=1S/C15H22N4O3S/c1-2-16-15(22)19-9-7-18(8-10-19)13(20)5-6-17-14(21)12-4-3-11-23-12/h3-4,11H,2,5-10H2,1H3,(H,16,22)(H,17,21). The lowest BCUT2D eigenvalue weighted by molar-refractivity contribution is -0.132. The highest BCUT2D eigenvalue weighted by Crippen LogP contribution is 2.08. The zero-order valence-electron chi connectivity index (χ0n) is 13.2. The van der Waals surface area contributed by atoms with Crippen LogP contribution in [0, 0.1) is 0 Å². The first-order valence-electron chi connectivity index (χ1n) is 7.74. The number of hydrogen-bond acceptors (Lipinski definition) is 4. The SMILES string of the molecule is CCNC(=O)N1CCN(C(=O)CCNC(=O)c2cccs2)CC1. The summed E-state index contributed by atoms with van der Waals surface area (Å²) in [5.74, 6) is -0.138. The summed E-state index contributed by atoms with van der Waals surface area (Å²) in [5.41, 5.74) is 0. The Morgan fingerprint density at radius 1 is 1.13 bits per heavy atom. The number of piperazine rings is 1. The molecule has 1 fully saturated rings. The fourth-order valence-corrected chi connectivity index (χ4v) is 3.00. The molecule has 1 aromatic rings. The number of carbonyl (C=O) groups is 3. The molecule has 1 aliphatic rings. The molecular weight excluding hydrogens is 316 g/mol. The minimum atomic E-state index is -0.145. The monoisotopic (exact) mass is 338 g/mol. The lowest BCUT2D eigenvalue weighted by atomic mass is 10.2. The maximum Gasteiger partial charge on any atom is 0.317 e. The molecule has 1 aliphatic heterocycles. The van der Waals surface area contributed by atoms with E-state index in [-0.39, 0.29) is 24.3 Å². The zero-order valence-corrected chi connectivity index (χ0v) is 14.0. The van der Waals surface area contributed by atoms with Crippen molar-refractivity contribution in [2.75, 3.05) is 39.3 Å². The molecule has 0 aliphatic carbocycles.